The summed E-state index contributed by atoms with van der Waals surface area (Å²) in [7, 11) is 0. The molecule has 3 aromatic carbocycles. The molecule has 6 rings (SSSR count). The van der Waals surface area contributed by atoms with Gasteiger partial charge in [-0.1, -0.05) is 41.0 Å². The molecule has 1 saturated heterocycles. The van der Waals surface area contributed by atoms with E-state index in [-0.39, 0.29) is 29.8 Å². The van der Waals surface area contributed by atoms with E-state index in [1.54, 1.807) is 36.4 Å². The normalized spacial score (nSPS) is 17.3. The highest BCUT2D eigenvalue weighted by Gasteiger charge is 2.45. The van der Waals surface area contributed by atoms with E-state index in [2.05, 4.69) is 15.2 Å². The van der Waals surface area contributed by atoms with E-state index >= 15 is 0 Å². The largest absolute Gasteiger partial charge is 0.573 e. The third kappa shape index (κ3) is 4.78. The van der Waals surface area contributed by atoms with E-state index in [4.69, 9.17) is 20.9 Å². The average Bonchev–Trinajstić information content (AvgIpc) is 3.49. The average molecular weight is 587 g/mol. The third-order valence-corrected chi connectivity index (χ3v) is 6.98. The number of cyclic esters (lactones) is 1. The summed E-state index contributed by atoms with van der Waals surface area (Å²) in [4.78, 5) is 38.0. The number of hydrogen-bond donors (Lipinski definition) is 1. The van der Waals surface area contributed by atoms with Crippen molar-refractivity contribution in [1.29, 1.82) is 0 Å². The molecule has 0 unspecified atom stereocenters. The van der Waals surface area contributed by atoms with Crippen molar-refractivity contribution < 1.29 is 36.8 Å². The van der Waals surface area contributed by atoms with Crippen LogP contribution < -0.4 is 15.7 Å². The van der Waals surface area contributed by atoms with Gasteiger partial charge in [0.15, 0.2) is 17.0 Å². The van der Waals surface area contributed by atoms with Crippen LogP contribution in [0.4, 0.5) is 18.0 Å². The van der Waals surface area contributed by atoms with Gasteiger partial charge in [-0.3, -0.25) is 14.7 Å². The Morgan fingerprint density at radius 3 is 2.49 bits per heavy atom. The lowest BCUT2D eigenvalue weighted by molar-refractivity contribution is -0.274. The number of rotatable bonds is 6. The maximum absolute atomic E-state index is 13.9. The number of aromatic nitrogens is 3. The summed E-state index contributed by atoms with van der Waals surface area (Å²) < 4.78 is 56.3. The first-order valence-electron chi connectivity index (χ1n) is 12.1. The predicted octanol–water partition coefficient (Wildman–Crippen LogP) is 5.10. The van der Waals surface area contributed by atoms with Crippen LogP contribution in [0.25, 0.3) is 27.8 Å². The van der Waals surface area contributed by atoms with Gasteiger partial charge in [0.2, 0.25) is 0 Å². The first kappa shape index (κ1) is 26.4. The Morgan fingerprint density at radius 2 is 1.78 bits per heavy atom. The second-order valence-electron chi connectivity index (χ2n) is 9.57. The quantitative estimate of drug-likeness (QED) is 0.294. The summed E-state index contributed by atoms with van der Waals surface area (Å²) >= 11 is 6.05. The van der Waals surface area contributed by atoms with Gasteiger partial charge in [0.25, 0.3) is 5.91 Å². The van der Waals surface area contributed by atoms with Gasteiger partial charge in [-0.05, 0) is 42.3 Å². The molecular weight excluding hydrogens is 569 g/mol. The van der Waals surface area contributed by atoms with Gasteiger partial charge >= 0.3 is 18.1 Å². The summed E-state index contributed by atoms with van der Waals surface area (Å²) in [6.07, 6.45) is -5.83. The zero-order valence-corrected chi connectivity index (χ0v) is 21.7. The van der Waals surface area contributed by atoms with Crippen molar-refractivity contribution in [3.63, 3.8) is 0 Å². The molecule has 3 heterocycles. The molecule has 210 valence electrons. The van der Waals surface area contributed by atoms with Crippen LogP contribution in [0, 0.1) is 0 Å². The van der Waals surface area contributed by atoms with Crippen LogP contribution in [-0.4, -0.2) is 38.3 Å². The second kappa shape index (κ2) is 9.41. The molecule has 2 amide bonds. The SMILES string of the molecule is C[C@@]1(Cc2ccccc2Cn2c(=O)n(-c3noc4cc(Cl)ccc34)c3ccc(OC(F)(F)F)cc32)OC(=O)NC1=O. The van der Waals surface area contributed by atoms with E-state index in [9.17, 15) is 27.6 Å². The Morgan fingerprint density at radius 1 is 1.02 bits per heavy atom. The zero-order valence-electron chi connectivity index (χ0n) is 21.0. The number of alkyl halides is 3. The number of alkyl carbamates (subject to hydrolysis) is 1. The summed E-state index contributed by atoms with van der Waals surface area (Å²) in [6, 6.07) is 15.1. The maximum atomic E-state index is 13.9. The minimum Gasteiger partial charge on any atom is -0.432 e. The summed E-state index contributed by atoms with van der Waals surface area (Å²) in [5.41, 5.74) is -0.306. The number of imide groups is 1. The molecule has 2 aromatic heterocycles. The lowest BCUT2D eigenvalue weighted by Gasteiger charge is -2.21. The molecule has 5 aromatic rings. The minimum atomic E-state index is -4.95. The Bertz CT molecular complexity index is 1930. The van der Waals surface area contributed by atoms with Gasteiger partial charge in [0, 0.05) is 23.6 Å². The lowest BCUT2D eigenvalue weighted by Crippen LogP contribution is -2.38. The summed E-state index contributed by atoms with van der Waals surface area (Å²) in [5.74, 6) is -1.02. The molecule has 0 saturated carbocycles. The number of carbonyl (C=O) groups excluding carboxylic acids is 2. The standard InChI is InChI=1S/C27H18ClF3N4O6/c1-26(23(36)32-24(37)40-26)12-14-4-2-3-5-15(14)13-34-20-11-17(39-27(29,30)31)7-9-19(20)35(25(34)38)22-18-8-6-16(28)10-21(18)41-33-22/h2-11H,12-13H2,1H3,(H,32,36,37)/t26-/m0/s1. The van der Waals surface area contributed by atoms with Gasteiger partial charge in [-0.15, -0.1) is 13.2 Å². The zero-order chi connectivity index (χ0) is 29.1. The number of nitrogens with one attached hydrogen (secondary N) is 1. The Balaban J connectivity index is 1.51. The third-order valence-electron chi connectivity index (χ3n) is 6.75. The fourth-order valence-corrected chi connectivity index (χ4v) is 5.05. The van der Waals surface area contributed by atoms with Crippen LogP contribution in [-0.2, 0) is 22.5 Å². The van der Waals surface area contributed by atoms with Gasteiger partial charge in [-0.2, -0.15) is 0 Å². The molecule has 1 fully saturated rings. The molecule has 0 aliphatic carbocycles. The van der Waals surface area contributed by atoms with Crippen molar-refractivity contribution in [3.8, 4) is 11.6 Å². The maximum Gasteiger partial charge on any atom is 0.573 e. The molecule has 1 N–H and O–H groups in total. The summed E-state index contributed by atoms with van der Waals surface area (Å²) in [5, 5.41) is 6.98. The van der Waals surface area contributed by atoms with Crippen LogP contribution >= 0.6 is 11.6 Å². The molecule has 41 heavy (non-hydrogen) atoms. The molecule has 0 bridgehead atoms. The van der Waals surface area contributed by atoms with Crippen molar-refractivity contribution in [3.05, 3.63) is 87.3 Å². The predicted molar refractivity (Wildman–Crippen MR) is 139 cm³/mol. The first-order valence-corrected chi connectivity index (χ1v) is 12.5. The van der Waals surface area contributed by atoms with E-state index in [1.165, 1.54) is 28.2 Å². The van der Waals surface area contributed by atoms with Gasteiger partial charge in [-0.25, -0.2) is 14.2 Å². The second-order valence-corrected chi connectivity index (χ2v) is 10.0. The van der Waals surface area contributed by atoms with Crippen LogP contribution in [0.15, 0.2) is 70.0 Å². The van der Waals surface area contributed by atoms with Crippen molar-refractivity contribution in [1.82, 2.24) is 19.6 Å². The van der Waals surface area contributed by atoms with Gasteiger partial charge < -0.3 is 14.0 Å². The van der Waals surface area contributed by atoms with Crippen LogP contribution in [0.1, 0.15) is 18.1 Å². The number of carbonyl (C=O) groups is 2. The van der Waals surface area contributed by atoms with Crippen molar-refractivity contribution in [2.75, 3.05) is 0 Å². The number of nitrogens with zero attached hydrogens (tertiary/aromatic N) is 3. The fraction of sp³-hybridized carbons (Fsp3) is 0.185. The van der Waals surface area contributed by atoms with E-state index in [0.717, 1.165) is 12.1 Å². The molecule has 0 radical (unpaired) electrons. The molecule has 1 atom stereocenters. The van der Waals surface area contributed by atoms with E-state index in [1.807, 2.05) is 0 Å². The topological polar surface area (TPSA) is 118 Å². The number of amides is 2. The lowest BCUT2D eigenvalue weighted by atomic mass is 9.92. The molecular formula is C27H18ClF3N4O6. The van der Waals surface area contributed by atoms with Gasteiger partial charge in [0.1, 0.15) is 5.75 Å². The van der Waals surface area contributed by atoms with E-state index in [0.29, 0.717) is 27.1 Å². The smallest absolute Gasteiger partial charge is 0.432 e. The Kier molecular flexibility index (Phi) is 6.07. The minimum absolute atomic E-state index is 0.00867. The Hall–Kier alpha value is -4.78. The highest BCUT2D eigenvalue weighted by atomic mass is 35.5. The first-order chi connectivity index (χ1) is 19.4. The van der Waals surface area contributed by atoms with Crippen molar-refractivity contribution in [2.24, 2.45) is 0 Å². The fourth-order valence-electron chi connectivity index (χ4n) is 4.88. The van der Waals surface area contributed by atoms with Crippen molar-refractivity contribution >= 4 is 45.6 Å². The summed E-state index contributed by atoms with van der Waals surface area (Å²) in [6.45, 7) is 1.35. The number of halogens is 4. The molecule has 1 aliphatic rings. The molecule has 0 spiro atoms. The number of benzene rings is 3. The number of hydrogen-bond acceptors (Lipinski definition) is 7. The van der Waals surface area contributed by atoms with Crippen LogP contribution in [0.5, 0.6) is 5.75 Å². The monoisotopic (exact) mass is 586 g/mol. The highest BCUT2D eigenvalue weighted by molar-refractivity contribution is 6.31. The Labute approximate surface area is 232 Å². The van der Waals surface area contributed by atoms with Crippen LogP contribution in [0.2, 0.25) is 5.02 Å². The number of fused-ring (bicyclic) bond motifs is 2. The molecule has 14 heteroatoms. The molecule has 10 nitrogen and oxygen atoms in total. The highest BCUT2D eigenvalue weighted by Crippen LogP contribution is 2.31. The molecule has 1 aliphatic heterocycles. The van der Waals surface area contributed by atoms with Crippen molar-refractivity contribution in [2.45, 2.75) is 31.9 Å². The van der Waals surface area contributed by atoms with Gasteiger partial charge in [0.05, 0.1) is 23.0 Å². The van der Waals surface area contributed by atoms with Crippen LogP contribution in [0.3, 0.4) is 0 Å². The number of imidazole rings is 1. The number of ether oxygens (including phenoxy) is 2. The van der Waals surface area contributed by atoms with E-state index < -0.39 is 35.4 Å².